The molecule has 4 rings (SSSR count). The van der Waals surface area contributed by atoms with E-state index in [0.717, 1.165) is 36.9 Å². The van der Waals surface area contributed by atoms with Gasteiger partial charge in [0.25, 0.3) is 0 Å². The first-order valence-corrected chi connectivity index (χ1v) is 7.48. The number of hydrogen-bond acceptors (Lipinski definition) is 6. The maximum absolute atomic E-state index is 11.1. The Morgan fingerprint density at radius 2 is 1.64 bits per heavy atom. The summed E-state index contributed by atoms with van der Waals surface area (Å²) in [6.45, 7) is 3.54. The van der Waals surface area contributed by atoms with Crippen LogP contribution in [0.4, 0.5) is 0 Å². The molecular weight excluding hydrogens is 284 g/mol. The van der Waals surface area contributed by atoms with E-state index < -0.39 is 0 Å². The molecule has 0 saturated heterocycles. The monoisotopic (exact) mass is 300 g/mol. The average Bonchev–Trinajstić information content (AvgIpc) is 3.39. The third-order valence-corrected chi connectivity index (χ3v) is 5.03. The molecule has 114 valence electrons. The van der Waals surface area contributed by atoms with E-state index in [4.69, 9.17) is 9.05 Å². The van der Waals surface area contributed by atoms with Crippen molar-refractivity contribution in [3.05, 3.63) is 34.0 Å². The minimum Gasteiger partial charge on any atom is -0.361 e. The van der Waals surface area contributed by atoms with Gasteiger partial charge in [-0.2, -0.15) is 0 Å². The SMILES string of the molecule is Cc1noc(C2CC2C2CC2c2noc(C)c2C=O)c1C=O. The number of nitrogens with zero attached hydrogens (tertiary/aromatic N) is 2. The van der Waals surface area contributed by atoms with Gasteiger partial charge in [0.1, 0.15) is 5.76 Å². The van der Waals surface area contributed by atoms with Crippen LogP contribution in [0.5, 0.6) is 0 Å². The lowest BCUT2D eigenvalue weighted by atomic mass is 10.1. The molecule has 0 aromatic carbocycles. The highest BCUT2D eigenvalue weighted by Gasteiger charge is 2.57. The maximum Gasteiger partial charge on any atom is 0.155 e. The van der Waals surface area contributed by atoms with E-state index in [1.807, 2.05) is 0 Å². The van der Waals surface area contributed by atoms with Gasteiger partial charge in [0.2, 0.25) is 0 Å². The van der Waals surface area contributed by atoms with Gasteiger partial charge in [-0.25, -0.2) is 0 Å². The molecule has 4 unspecified atom stereocenters. The lowest BCUT2D eigenvalue weighted by molar-refractivity contribution is 0.111. The van der Waals surface area contributed by atoms with Crippen LogP contribution in [0.3, 0.4) is 0 Å². The third-order valence-electron chi connectivity index (χ3n) is 5.03. The first kappa shape index (κ1) is 13.4. The number of hydrogen-bond donors (Lipinski definition) is 0. The van der Waals surface area contributed by atoms with Crippen LogP contribution in [0.15, 0.2) is 9.05 Å². The van der Waals surface area contributed by atoms with Crippen molar-refractivity contribution in [1.29, 1.82) is 0 Å². The number of aldehydes is 2. The maximum atomic E-state index is 11.1. The molecule has 2 saturated carbocycles. The summed E-state index contributed by atoms with van der Waals surface area (Å²) < 4.78 is 10.5. The molecule has 22 heavy (non-hydrogen) atoms. The normalized spacial score (nSPS) is 29.4. The smallest absolute Gasteiger partial charge is 0.155 e. The third kappa shape index (κ3) is 1.86. The van der Waals surface area contributed by atoms with Gasteiger partial charge in [-0.05, 0) is 38.5 Å². The van der Waals surface area contributed by atoms with Gasteiger partial charge in [-0.1, -0.05) is 10.3 Å². The Balaban J connectivity index is 1.50. The second-order valence-corrected chi connectivity index (χ2v) is 6.33. The van der Waals surface area contributed by atoms with Crippen LogP contribution in [0.2, 0.25) is 0 Å². The van der Waals surface area contributed by atoms with Crippen molar-refractivity contribution in [3.8, 4) is 0 Å². The van der Waals surface area contributed by atoms with Gasteiger partial charge < -0.3 is 9.05 Å². The number of carbonyl (C=O) groups excluding carboxylic acids is 2. The summed E-state index contributed by atoms with van der Waals surface area (Å²) >= 11 is 0. The van der Waals surface area contributed by atoms with Crippen molar-refractivity contribution in [2.24, 2.45) is 11.8 Å². The van der Waals surface area contributed by atoms with Crippen molar-refractivity contribution >= 4 is 12.6 Å². The molecule has 2 fully saturated rings. The molecule has 2 aromatic heterocycles. The minimum absolute atomic E-state index is 0.268. The Labute approximate surface area is 126 Å². The predicted octanol–water partition coefficient (Wildman–Crippen LogP) is 2.81. The van der Waals surface area contributed by atoms with Crippen molar-refractivity contribution in [2.75, 3.05) is 0 Å². The van der Waals surface area contributed by atoms with E-state index in [1.165, 1.54) is 0 Å². The van der Waals surface area contributed by atoms with E-state index in [2.05, 4.69) is 10.3 Å². The molecule has 2 aromatic rings. The molecule has 0 spiro atoms. The molecular formula is C16H16N2O4. The Morgan fingerprint density at radius 1 is 0.955 bits per heavy atom. The van der Waals surface area contributed by atoms with Crippen molar-refractivity contribution in [2.45, 2.75) is 38.5 Å². The largest absolute Gasteiger partial charge is 0.361 e. The van der Waals surface area contributed by atoms with Crippen LogP contribution in [-0.4, -0.2) is 22.9 Å². The quantitative estimate of drug-likeness (QED) is 0.789. The van der Waals surface area contributed by atoms with Gasteiger partial charge in [-0.15, -0.1) is 0 Å². The topological polar surface area (TPSA) is 86.2 Å². The van der Waals surface area contributed by atoms with Crippen molar-refractivity contribution < 1.29 is 18.6 Å². The van der Waals surface area contributed by atoms with E-state index in [0.29, 0.717) is 34.4 Å². The fourth-order valence-electron chi connectivity index (χ4n) is 3.60. The zero-order valence-electron chi connectivity index (χ0n) is 12.4. The lowest BCUT2D eigenvalue weighted by Gasteiger charge is -1.97. The van der Waals surface area contributed by atoms with Gasteiger partial charge in [-0.3, -0.25) is 9.59 Å². The van der Waals surface area contributed by atoms with E-state index >= 15 is 0 Å². The highest BCUT2D eigenvalue weighted by molar-refractivity contribution is 5.79. The molecule has 0 bridgehead atoms. The molecule has 2 aliphatic rings. The summed E-state index contributed by atoms with van der Waals surface area (Å²) in [5.74, 6) is 2.82. The molecule has 4 atom stereocenters. The first-order valence-electron chi connectivity index (χ1n) is 7.48. The molecule has 0 N–H and O–H groups in total. The van der Waals surface area contributed by atoms with Crippen LogP contribution in [0.25, 0.3) is 0 Å². The summed E-state index contributed by atoms with van der Waals surface area (Å²) in [6, 6.07) is 0. The predicted molar refractivity (Wildman–Crippen MR) is 75.0 cm³/mol. The standard InChI is InChI=1S/C16H16N2O4/c1-7-13(5-19)16(22-17-7)12-4-10(12)9-3-11(9)15-14(6-20)8(2)21-18-15/h5-6,9-12H,3-4H2,1-2H3. The van der Waals surface area contributed by atoms with Crippen LogP contribution in [0.1, 0.15) is 68.3 Å². The minimum atomic E-state index is 0.268. The van der Waals surface area contributed by atoms with E-state index in [9.17, 15) is 9.59 Å². The summed E-state index contributed by atoms with van der Waals surface area (Å²) in [6.07, 6.45) is 3.67. The van der Waals surface area contributed by atoms with Gasteiger partial charge >= 0.3 is 0 Å². The molecule has 0 radical (unpaired) electrons. The summed E-state index contributed by atoms with van der Waals surface area (Å²) in [5.41, 5.74) is 2.62. The van der Waals surface area contributed by atoms with Gasteiger partial charge in [0, 0.05) is 11.8 Å². The molecule has 2 heterocycles. The summed E-state index contributed by atoms with van der Waals surface area (Å²) in [5, 5.41) is 7.94. The Bertz CT molecular complexity index is 696. The van der Waals surface area contributed by atoms with Crippen LogP contribution in [-0.2, 0) is 0 Å². The highest BCUT2D eigenvalue weighted by Crippen LogP contribution is 2.65. The fraction of sp³-hybridized carbons (Fsp3) is 0.500. The molecule has 2 aliphatic carbocycles. The van der Waals surface area contributed by atoms with Gasteiger partial charge in [0.05, 0.1) is 22.5 Å². The molecule has 6 nitrogen and oxygen atoms in total. The van der Waals surface area contributed by atoms with E-state index in [-0.39, 0.29) is 11.8 Å². The average molecular weight is 300 g/mol. The second-order valence-electron chi connectivity index (χ2n) is 6.33. The highest BCUT2D eigenvalue weighted by atomic mass is 16.5. The zero-order chi connectivity index (χ0) is 15.4. The number of rotatable bonds is 5. The summed E-state index contributed by atoms with van der Waals surface area (Å²) in [4.78, 5) is 22.3. The van der Waals surface area contributed by atoms with Crippen molar-refractivity contribution in [3.63, 3.8) is 0 Å². The van der Waals surface area contributed by atoms with Crippen LogP contribution in [0, 0.1) is 25.7 Å². The number of aryl methyl sites for hydroxylation is 2. The Kier molecular flexibility index (Phi) is 2.82. The Hall–Kier alpha value is -2.24. The second kappa shape index (κ2) is 4.63. The van der Waals surface area contributed by atoms with Crippen LogP contribution < -0.4 is 0 Å². The first-order chi connectivity index (χ1) is 10.7. The van der Waals surface area contributed by atoms with Gasteiger partial charge in [0.15, 0.2) is 18.3 Å². The molecule has 6 heteroatoms. The van der Waals surface area contributed by atoms with Crippen LogP contribution >= 0.6 is 0 Å². The zero-order valence-corrected chi connectivity index (χ0v) is 12.4. The number of aromatic nitrogens is 2. The van der Waals surface area contributed by atoms with Crippen molar-refractivity contribution in [1.82, 2.24) is 10.3 Å². The molecule has 0 aliphatic heterocycles. The number of carbonyl (C=O) groups is 2. The lowest BCUT2D eigenvalue weighted by Crippen LogP contribution is -1.94. The Morgan fingerprint density at radius 3 is 2.36 bits per heavy atom. The van der Waals surface area contributed by atoms with E-state index in [1.54, 1.807) is 13.8 Å². The fourth-order valence-corrected chi connectivity index (χ4v) is 3.60. The summed E-state index contributed by atoms with van der Waals surface area (Å²) in [7, 11) is 0. The molecule has 0 amide bonds.